The molecule has 4 N–H and O–H groups in total. The Kier molecular flexibility index (Phi) is 5.66. The van der Waals surface area contributed by atoms with Crippen LogP contribution in [0.25, 0.3) is 0 Å². The topological polar surface area (TPSA) is 75.3 Å². The molecule has 2 atom stereocenters. The number of aliphatic hydroxyl groups excluding tert-OH is 1. The smallest absolute Gasteiger partial charge is 0.237 e. The van der Waals surface area contributed by atoms with Gasteiger partial charge in [0.2, 0.25) is 5.91 Å². The molecule has 17 heavy (non-hydrogen) atoms. The van der Waals surface area contributed by atoms with Crippen LogP contribution in [-0.4, -0.2) is 30.2 Å². The summed E-state index contributed by atoms with van der Waals surface area (Å²) in [5.41, 5.74) is 6.85. The van der Waals surface area contributed by atoms with Crippen molar-refractivity contribution in [3.05, 3.63) is 35.9 Å². The van der Waals surface area contributed by atoms with Gasteiger partial charge in [0.1, 0.15) is 0 Å². The highest BCUT2D eigenvalue weighted by molar-refractivity contribution is 5.81. The molecule has 1 aromatic carbocycles. The fourth-order valence-corrected chi connectivity index (χ4v) is 1.43. The highest BCUT2D eigenvalue weighted by Crippen LogP contribution is 2.02. The summed E-state index contributed by atoms with van der Waals surface area (Å²) in [5, 5.41) is 11.6. The van der Waals surface area contributed by atoms with Crippen LogP contribution in [0.2, 0.25) is 0 Å². The van der Waals surface area contributed by atoms with Crippen LogP contribution < -0.4 is 11.1 Å². The van der Waals surface area contributed by atoms with Crippen LogP contribution in [0.1, 0.15) is 12.5 Å². The fourth-order valence-electron chi connectivity index (χ4n) is 1.43. The first-order valence-corrected chi connectivity index (χ1v) is 5.81. The van der Waals surface area contributed by atoms with Gasteiger partial charge < -0.3 is 16.2 Å². The summed E-state index contributed by atoms with van der Waals surface area (Å²) >= 11 is 0. The van der Waals surface area contributed by atoms with Gasteiger partial charge in [-0.25, -0.2) is 0 Å². The van der Waals surface area contributed by atoms with E-state index in [-0.39, 0.29) is 18.4 Å². The lowest BCUT2D eigenvalue weighted by Gasteiger charge is -2.14. The number of hydrogen-bond donors (Lipinski definition) is 3. The highest BCUT2D eigenvalue weighted by atomic mass is 16.3. The van der Waals surface area contributed by atoms with E-state index in [1.165, 1.54) is 0 Å². The summed E-state index contributed by atoms with van der Waals surface area (Å²) in [4.78, 5) is 11.7. The molecular weight excluding hydrogens is 216 g/mol. The van der Waals surface area contributed by atoms with E-state index in [0.717, 1.165) is 5.56 Å². The maximum atomic E-state index is 11.7. The van der Waals surface area contributed by atoms with Crippen LogP contribution >= 0.6 is 0 Å². The summed E-state index contributed by atoms with van der Waals surface area (Å²) in [6.45, 7) is 2.38. The number of rotatable bonds is 6. The van der Waals surface area contributed by atoms with Gasteiger partial charge in [0, 0.05) is 13.2 Å². The molecule has 1 rings (SSSR count). The molecule has 0 spiro atoms. The van der Waals surface area contributed by atoms with E-state index in [0.29, 0.717) is 13.0 Å². The minimum absolute atomic E-state index is 0.0582. The normalized spacial score (nSPS) is 14.1. The maximum Gasteiger partial charge on any atom is 0.237 e. The monoisotopic (exact) mass is 236 g/mol. The van der Waals surface area contributed by atoms with E-state index >= 15 is 0 Å². The predicted octanol–water partition coefficient (Wildman–Crippen LogP) is 0.301. The highest BCUT2D eigenvalue weighted by Gasteiger charge is 2.14. The Bertz CT molecular complexity index is 341. The van der Waals surface area contributed by atoms with Crippen LogP contribution in [0, 0.1) is 5.92 Å². The van der Waals surface area contributed by atoms with Crippen molar-refractivity contribution in [3.8, 4) is 0 Å². The van der Waals surface area contributed by atoms with E-state index in [1.54, 1.807) is 0 Å². The number of aliphatic hydroxyl groups is 1. The Morgan fingerprint density at radius 3 is 2.65 bits per heavy atom. The fraction of sp³-hybridized carbons (Fsp3) is 0.462. The standard InChI is InChI=1S/C13H20N2O2/c1-10(9-16)8-15-13(17)12(14)7-11-5-3-2-4-6-11/h2-6,10,12,16H,7-9,14H2,1H3,(H,15,17). The molecular formula is C13H20N2O2. The molecule has 0 bridgehead atoms. The Hall–Kier alpha value is -1.39. The third-order valence-corrected chi connectivity index (χ3v) is 2.57. The second-order valence-corrected chi connectivity index (χ2v) is 4.33. The van der Waals surface area contributed by atoms with Crippen LogP contribution in [-0.2, 0) is 11.2 Å². The Morgan fingerprint density at radius 2 is 2.06 bits per heavy atom. The van der Waals surface area contributed by atoms with E-state index < -0.39 is 6.04 Å². The Balaban J connectivity index is 2.37. The number of hydrogen-bond acceptors (Lipinski definition) is 3. The number of benzene rings is 1. The average Bonchev–Trinajstić information content (AvgIpc) is 2.36. The summed E-state index contributed by atoms with van der Waals surface area (Å²) in [6.07, 6.45) is 0.528. The molecule has 0 saturated carbocycles. The molecule has 1 aromatic rings. The molecule has 0 saturated heterocycles. The van der Waals surface area contributed by atoms with Crippen molar-refractivity contribution in [1.82, 2.24) is 5.32 Å². The zero-order valence-electron chi connectivity index (χ0n) is 10.1. The molecule has 0 aliphatic rings. The van der Waals surface area contributed by atoms with Gasteiger partial charge >= 0.3 is 0 Å². The number of nitrogens with two attached hydrogens (primary N) is 1. The number of nitrogens with one attached hydrogen (secondary N) is 1. The van der Waals surface area contributed by atoms with Crippen LogP contribution in [0.4, 0.5) is 0 Å². The molecule has 0 aromatic heterocycles. The zero-order chi connectivity index (χ0) is 12.7. The lowest BCUT2D eigenvalue weighted by molar-refractivity contribution is -0.122. The third-order valence-electron chi connectivity index (χ3n) is 2.57. The van der Waals surface area contributed by atoms with Crippen LogP contribution in [0.3, 0.4) is 0 Å². The number of carbonyl (C=O) groups is 1. The van der Waals surface area contributed by atoms with Crippen LogP contribution in [0.5, 0.6) is 0 Å². The van der Waals surface area contributed by atoms with Gasteiger partial charge in [-0.2, -0.15) is 0 Å². The molecule has 4 nitrogen and oxygen atoms in total. The molecule has 0 radical (unpaired) electrons. The van der Waals surface area contributed by atoms with Crippen molar-refractivity contribution < 1.29 is 9.90 Å². The molecule has 0 aliphatic carbocycles. The molecule has 1 amide bonds. The number of carbonyl (C=O) groups excluding carboxylic acids is 1. The van der Waals surface area contributed by atoms with Gasteiger partial charge in [0.15, 0.2) is 0 Å². The van der Waals surface area contributed by atoms with Crippen molar-refractivity contribution in [2.24, 2.45) is 11.7 Å². The summed E-state index contributed by atoms with van der Waals surface area (Å²) in [7, 11) is 0. The van der Waals surface area contributed by atoms with Gasteiger partial charge in [0.25, 0.3) is 0 Å². The lowest BCUT2D eigenvalue weighted by atomic mass is 10.1. The van der Waals surface area contributed by atoms with Crippen molar-refractivity contribution in [1.29, 1.82) is 0 Å². The maximum absolute atomic E-state index is 11.7. The predicted molar refractivity (Wildman–Crippen MR) is 67.4 cm³/mol. The molecule has 0 fully saturated rings. The molecule has 2 unspecified atom stereocenters. The first kappa shape index (κ1) is 13.7. The van der Waals surface area contributed by atoms with Gasteiger partial charge in [-0.1, -0.05) is 37.3 Å². The van der Waals surface area contributed by atoms with Gasteiger partial charge in [0.05, 0.1) is 6.04 Å². The van der Waals surface area contributed by atoms with Crippen molar-refractivity contribution in [2.45, 2.75) is 19.4 Å². The summed E-state index contributed by atoms with van der Waals surface area (Å²) in [5.74, 6) is -0.114. The minimum Gasteiger partial charge on any atom is -0.396 e. The van der Waals surface area contributed by atoms with Crippen molar-refractivity contribution in [3.63, 3.8) is 0 Å². The van der Waals surface area contributed by atoms with E-state index in [1.807, 2.05) is 37.3 Å². The largest absolute Gasteiger partial charge is 0.396 e. The third kappa shape index (κ3) is 4.97. The van der Waals surface area contributed by atoms with E-state index in [4.69, 9.17) is 10.8 Å². The average molecular weight is 236 g/mol. The van der Waals surface area contributed by atoms with Crippen molar-refractivity contribution >= 4 is 5.91 Å². The molecule has 94 valence electrons. The van der Waals surface area contributed by atoms with E-state index in [9.17, 15) is 4.79 Å². The van der Waals surface area contributed by atoms with E-state index in [2.05, 4.69) is 5.32 Å². The van der Waals surface area contributed by atoms with Crippen LogP contribution in [0.15, 0.2) is 30.3 Å². The SMILES string of the molecule is CC(CO)CNC(=O)C(N)Cc1ccccc1. The molecule has 0 heterocycles. The van der Waals surface area contributed by atoms with Crippen molar-refractivity contribution in [2.75, 3.05) is 13.2 Å². The quantitative estimate of drug-likeness (QED) is 0.665. The van der Waals surface area contributed by atoms with Gasteiger partial charge in [-0.05, 0) is 17.9 Å². The lowest BCUT2D eigenvalue weighted by Crippen LogP contribution is -2.43. The minimum atomic E-state index is -0.539. The second kappa shape index (κ2) is 7.04. The second-order valence-electron chi connectivity index (χ2n) is 4.33. The zero-order valence-corrected chi connectivity index (χ0v) is 10.1. The Morgan fingerprint density at radius 1 is 1.41 bits per heavy atom. The summed E-state index contributed by atoms with van der Waals surface area (Å²) < 4.78 is 0. The first-order chi connectivity index (χ1) is 8.13. The van der Waals surface area contributed by atoms with Gasteiger partial charge in [-0.15, -0.1) is 0 Å². The number of amides is 1. The molecule has 0 aliphatic heterocycles. The van der Waals surface area contributed by atoms with Gasteiger partial charge in [-0.3, -0.25) is 4.79 Å². The summed E-state index contributed by atoms with van der Waals surface area (Å²) in [6, 6.07) is 9.13. The molecule has 4 heteroatoms. The first-order valence-electron chi connectivity index (χ1n) is 5.81. The Labute approximate surface area is 102 Å².